The Hall–Kier alpha value is -2.53. The first kappa shape index (κ1) is 19.2. The fraction of sp³-hybridized carbons (Fsp3) is 0.409. The molecule has 3 rings (SSSR count). The molecule has 1 N–H and O–H groups in total. The third-order valence-electron chi connectivity index (χ3n) is 5.40. The fourth-order valence-corrected chi connectivity index (χ4v) is 3.59. The number of para-hydroxylation sites is 1. The normalized spacial score (nSPS) is 14.9. The maximum Gasteiger partial charge on any atom is 0.317 e. The number of ether oxygens (including phenoxy) is 1. The number of nitrogens with one attached hydrogen (secondary N) is 1. The fourth-order valence-electron chi connectivity index (χ4n) is 3.59. The van der Waals surface area contributed by atoms with E-state index in [1.807, 2.05) is 38.2 Å². The smallest absolute Gasteiger partial charge is 0.317 e. The SMILES string of the molecule is COc1ccccc1C(C)N(C)C(=O)NCCN1CCc2ccccc2C1. The predicted molar refractivity (Wildman–Crippen MR) is 108 cm³/mol. The topological polar surface area (TPSA) is 44.8 Å². The Morgan fingerprint density at radius 3 is 2.67 bits per heavy atom. The molecule has 0 aliphatic carbocycles. The van der Waals surface area contributed by atoms with E-state index in [1.54, 1.807) is 12.0 Å². The van der Waals surface area contributed by atoms with Crippen molar-refractivity contribution in [3.8, 4) is 5.75 Å². The van der Waals surface area contributed by atoms with Gasteiger partial charge in [0.1, 0.15) is 5.75 Å². The van der Waals surface area contributed by atoms with Gasteiger partial charge in [-0.2, -0.15) is 0 Å². The predicted octanol–water partition coefficient (Wildman–Crippen LogP) is 3.46. The van der Waals surface area contributed by atoms with E-state index in [0.717, 1.165) is 37.4 Å². The molecule has 1 aliphatic heterocycles. The van der Waals surface area contributed by atoms with Gasteiger partial charge >= 0.3 is 6.03 Å². The zero-order valence-electron chi connectivity index (χ0n) is 16.4. The van der Waals surface area contributed by atoms with Crippen LogP contribution in [0.25, 0.3) is 0 Å². The molecule has 1 atom stereocenters. The van der Waals surface area contributed by atoms with E-state index in [2.05, 4.69) is 34.5 Å². The number of fused-ring (bicyclic) bond motifs is 1. The molecule has 2 aromatic rings. The molecule has 27 heavy (non-hydrogen) atoms. The van der Waals surface area contributed by atoms with Crippen LogP contribution in [0, 0.1) is 0 Å². The summed E-state index contributed by atoms with van der Waals surface area (Å²) in [6.07, 6.45) is 1.08. The maximum absolute atomic E-state index is 12.6. The Kier molecular flexibility index (Phi) is 6.35. The molecular weight excluding hydrogens is 338 g/mol. The molecule has 5 heteroatoms. The largest absolute Gasteiger partial charge is 0.496 e. The average Bonchev–Trinajstić information content (AvgIpc) is 2.72. The minimum Gasteiger partial charge on any atom is -0.496 e. The molecule has 0 saturated heterocycles. The first-order valence-corrected chi connectivity index (χ1v) is 9.53. The van der Waals surface area contributed by atoms with Crippen LogP contribution in [-0.4, -0.2) is 49.6 Å². The molecule has 0 spiro atoms. The highest BCUT2D eigenvalue weighted by Gasteiger charge is 2.20. The van der Waals surface area contributed by atoms with Gasteiger partial charge in [-0.05, 0) is 30.5 Å². The lowest BCUT2D eigenvalue weighted by molar-refractivity contribution is 0.189. The van der Waals surface area contributed by atoms with E-state index in [9.17, 15) is 4.79 Å². The highest BCUT2D eigenvalue weighted by Crippen LogP contribution is 2.28. The Balaban J connectivity index is 1.49. The molecule has 0 fully saturated rings. The zero-order chi connectivity index (χ0) is 19.2. The third kappa shape index (κ3) is 4.61. The van der Waals surface area contributed by atoms with Gasteiger partial charge < -0.3 is 15.0 Å². The molecule has 1 heterocycles. The molecular formula is C22H29N3O2. The quantitative estimate of drug-likeness (QED) is 0.850. The second kappa shape index (κ2) is 8.91. The van der Waals surface area contributed by atoms with Crippen molar-refractivity contribution < 1.29 is 9.53 Å². The highest BCUT2D eigenvalue weighted by atomic mass is 16.5. The van der Waals surface area contributed by atoms with Gasteiger partial charge in [0.05, 0.1) is 13.2 Å². The van der Waals surface area contributed by atoms with Crippen molar-refractivity contribution in [3.63, 3.8) is 0 Å². The number of hydrogen-bond acceptors (Lipinski definition) is 3. The van der Waals surface area contributed by atoms with Crippen LogP contribution in [0.4, 0.5) is 4.79 Å². The molecule has 0 aromatic heterocycles. The van der Waals surface area contributed by atoms with E-state index >= 15 is 0 Å². The van der Waals surface area contributed by atoms with Crippen LogP contribution < -0.4 is 10.1 Å². The summed E-state index contributed by atoms with van der Waals surface area (Å²) in [5.41, 5.74) is 3.85. The van der Waals surface area contributed by atoms with Gasteiger partial charge in [-0.25, -0.2) is 4.79 Å². The molecule has 2 aromatic carbocycles. The summed E-state index contributed by atoms with van der Waals surface area (Å²) in [5.74, 6) is 0.802. The van der Waals surface area contributed by atoms with Crippen molar-refractivity contribution in [3.05, 3.63) is 65.2 Å². The Morgan fingerprint density at radius 1 is 1.19 bits per heavy atom. The van der Waals surface area contributed by atoms with Crippen molar-refractivity contribution in [1.29, 1.82) is 0 Å². The molecule has 5 nitrogen and oxygen atoms in total. The Morgan fingerprint density at radius 2 is 1.89 bits per heavy atom. The summed E-state index contributed by atoms with van der Waals surface area (Å²) in [4.78, 5) is 16.7. The van der Waals surface area contributed by atoms with Crippen LogP contribution >= 0.6 is 0 Å². The second-order valence-corrected chi connectivity index (χ2v) is 7.06. The Labute approximate surface area is 161 Å². The number of carbonyl (C=O) groups is 1. The summed E-state index contributed by atoms with van der Waals surface area (Å²) < 4.78 is 5.42. The first-order valence-electron chi connectivity index (χ1n) is 9.53. The summed E-state index contributed by atoms with van der Waals surface area (Å²) >= 11 is 0. The van der Waals surface area contributed by atoms with Crippen molar-refractivity contribution in [2.75, 3.05) is 33.8 Å². The van der Waals surface area contributed by atoms with Gasteiger partial charge in [-0.1, -0.05) is 42.5 Å². The van der Waals surface area contributed by atoms with Crippen LogP contribution in [0.3, 0.4) is 0 Å². The van der Waals surface area contributed by atoms with Crippen molar-refractivity contribution in [2.45, 2.75) is 25.9 Å². The van der Waals surface area contributed by atoms with E-state index in [1.165, 1.54) is 11.1 Å². The van der Waals surface area contributed by atoms with Crippen LogP contribution in [0.15, 0.2) is 48.5 Å². The molecule has 0 radical (unpaired) electrons. The number of methoxy groups -OCH3 is 1. The van der Waals surface area contributed by atoms with Gasteiger partial charge in [0.2, 0.25) is 0 Å². The minimum absolute atomic E-state index is 0.0641. The number of amides is 2. The number of carbonyl (C=O) groups excluding carboxylic acids is 1. The molecule has 0 saturated carbocycles. The number of nitrogens with zero attached hydrogens (tertiary/aromatic N) is 2. The highest BCUT2D eigenvalue weighted by molar-refractivity contribution is 5.74. The molecule has 144 valence electrons. The van der Waals surface area contributed by atoms with Gasteiger partial charge in [0.25, 0.3) is 0 Å². The van der Waals surface area contributed by atoms with Crippen LogP contribution in [0.2, 0.25) is 0 Å². The van der Waals surface area contributed by atoms with Crippen LogP contribution in [0.1, 0.15) is 29.7 Å². The van der Waals surface area contributed by atoms with Gasteiger partial charge in [-0.15, -0.1) is 0 Å². The van der Waals surface area contributed by atoms with Crippen LogP contribution in [-0.2, 0) is 13.0 Å². The lowest BCUT2D eigenvalue weighted by atomic mass is 10.00. The maximum atomic E-state index is 12.6. The van der Waals surface area contributed by atoms with E-state index in [-0.39, 0.29) is 12.1 Å². The lowest BCUT2D eigenvalue weighted by Gasteiger charge is -2.30. The minimum atomic E-state index is -0.0667. The van der Waals surface area contributed by atoms with Crippen molar-refractivity contribution >= 4 is 6.03 Å². The van der Waals surface area contributed by atoms with E-state index in [4.69, 9.17) is 4.74 Å². The van der Waals surface area contributed by atoms with Gasteiger partial charge in [-0.3, -0.25) is 4.90 Å². The number of urea groups is 1. The average molecular weight is 367 g/mol. The Bertz CT molecular complexity index is 778. The van der Waals surface area contributed by atoms with Crippen molar-refractivity contribution in [1.82, 2.24) is 15.1 Å². The summed E-state index contributed by atoms with van der Waals surface area (Å²) in [6, 6.07) is 16.3. The zero-order valence-corrected chi connectivity index (χ0v) is 16.4. The number of rotatable bonds is 6. The molecule has 2 amide bonds. The summed E-state index contributed by atoms with van der Waals surface area (Å²) in [5, 5.41) is 3.05. The summed E-state index contributed by atoms with van der Waals surface area (Å²) in [6.45, 7) is 5.51. The number of benzene rings is 2. The first-order chi connectivity index (χ1) is 13.1. The summed E-state index contributed by atoms with van der Waals surface area (Å²) in [7, 11) is 3.48. The monoisotopic (exact) mass is 367 g/mol. The van der Waals surface area contributed by atoms with Crippen molar-refractivity contribution in [2.24, 2.45) is 0 Å². The molecule has 1 unspecified atom stereocenters. The van der Waals surface area contributed by atoms with Gasteiger partial charge in [0, 0.05) is 38.8 Å². The standard InChI is InChI=1S/C22H29N3O2/c1-17(20-10-6-7-11-21(20)27-3)24(2)22(26)23-13-15-25-14-12-18-8-4-5-9-19(18)16-25/h4-11,17H,12-16H2,1-3H3,(H,23,26). The van der Waals surface area contributed by atoms with E-state index < -0.39 is 0 Å². The lowest BCUT2D eigenvalue weighted by Crippen LogP contribution is -2.43. The number of hydrogen-bond donors (Lipinski definition) is 1. The van der Waals surface area contributed by atoms with Gasteiger partial charge in [0.15, 0.2) is 0 Å². The molecule has 0 bridgehead atoms. The molecule has 1 aliphatic rings. The van der Waals surface area contributed by atoms with E-state index in [0.29, 0.717) is 6.54 Å². The van der Waals surface area contributed by atoms with Crippen LogP contribution in [0.5, 0.6) is 5.75 Å². The third-order valence-corrected chi connectivity index (χ3v) is 5.40. The second-order valence-electron chi connectivity index (χ2n) is 7.06.